The van der Waals surface area contributed by atoms with Crippen LogP contribution in [0.1, 0.15) is 45.5 Å². The Morgan fingerprint density at radius 2 is 0.939 bits per heavy atom. The highest BCUT2D eigenvalue weighted by Gasteiger charge is 2.25. The first-order valence-corrected chi connectivity index (χ1v) is 16.3. The van der Waals surface area contributed by atoms with Gasteiger partial charge in [0.05, 0.1) is 36.1 Å². The van der Waals surface area contributed by atoms with E-state index in [9.17, 15) is 10.2 Å². The Morgan fingerprint density at radius 1 is 0.571 bits per heavy atom. The first-order chi connectivity index (χ1) is 23.8. The van der Waals surface area contributed by atoms with E-state index in [-0.39, 0.29) is 11.5 Å². The average Bonchev–Trinajstić information content (AvgIpc) is 3.13. The molecular formula is C38H36N6O4S. The molecule has 0 aliphatic carbocycles. The van der Waals surface area contributed by atoms with Crippen LogP contribution in [-0.2, 0) is 0 Å². The van der Waals surface area contributed by atoms with Crippen LogP contribution in [0.25, 0.3) is 0 Å². The lowest BCUT2D eigenvalue weighted by Gasteiger charge is -2.24. The molecule has 248 valence electrons. The second kappa shape index (κ2) is 15.0. The predicted molar refractivity (Wildman–Crippen MR) is 191 cm³/mol. The molecule has 4 aromatic carbocycles. The highest BCUT2D eigenvalue weighted by molar-refractivity contribution is 7.99. The zero-order valence-electron chi connectivity index (χ0n) is 27.5. The zero-order valence-corrected chi connectivity index (χ0v) is 28.3. The Hall–Kier alpha value is -5.81. The number of nitrogens with one attached hydrogen (secondary N) is 2. The van der Waals surface area contributed by atoms with Gasteiger partial charge in [0.1, 0.15) is 23.0 Å². The van der Waals surface area contributed by atoms with Gasteiger partial charge in [-0.3, -0.25) is 0 Å². The summed E-state index contributed by atoms with van der Waals surface area (Å²) in [7, 11) is 3.24. The fraction of sp³-hybridized carbons (Fsp3) is 0.158. The van der Waals surface area contributed by atoms with Crippen molar-refractivity contribution in [2.75, 3.05) is 24.9 Å². The Labute approximate surface area is 289 Å². The molecule has 0 fully saturated rings. The summed E-state index contributed by atoms with van der Waals surface area (Å²) >= 11 is 1.29. The number of phenols is 2. The molecule has 6 aromatic rings. The lowest BCUT2D eigenvalue weighted by atomic mass is 9.96. The molecule has 49 heavy (non-hydrogen) atoms. The minimum Gasteiger partial charge on any atom is -0.506 e. The number of hydrogen-bond acceptors (Lipinski definition) is 11. The number of phenolic OH excluding ortho intramolecular Hbond substituents is 2. The van der Waals surface area contributed by atoms with E-state index in [4.69, 9.17) is 9.47 Å². The van der Waals surface area contributed by atoms with E-state index in [1.165, 1.54) is 11.8 Å². The maximum atomic E-state index is 11.9. The number of benzene rings is 4. The van der Waals surface area contributed by atoms with Gasteiger partial charge in [-0.1, -0.05) is 36.0 Å². The second-order valence-electron chi connectivity index (χ2n) is 11.3. The molecule has 0 radical (unpaired) electrons. The van der Waals surface area contributed by atoms with Crippen molar-refractivity contribution in [3.8, 4) is 23.0 Å². The normalized spacial score (nSPS) is 12.2. The zero-order chi connectivity index (χ0) is 34.3. The number of ether oxygens (including phenoxy) is 2. The highest BCUT2D eigenvalue weighted by Crippen LogP contribution is 2.47. The van der Waals surface area contributed by atoms with Gasteiger partial charge in [0.25, 0.3) is 0 Å². The maximum Gasteiger partial charge on any atom is 0.223 e. The molecule has 2 unspecified atom stereocenters. The first-order valence-electron chi connectivity index (χ1n) is 15.5. The van der Waals surface area contributed by atoms with Crippen molar-refractivity contribution < 1.29 is 19.7 Å². The van der Waals surface area contributed by atoms with E-state index in [1.54, 1.807) is 51.1 Å². The summed E-state index contributed by atoms with van der Waals surface area (Å²) in [6.45, 7) is 3.95. The van der Waals surface area contributed by atoms with Crippen molar-refractivity contribution in [1.29, 1.82) is 0 Å². The standard InChI is InChI=1S/C38H36N6O4S/c1-23-19-29(33(43-37-39-15-5-16-40-37)25-7-11-27(47-3)12-8-25)35(45)31(21-23)49-32-22-24(2)20-30(36(32)46)34(44-38-41-17-6-18-42-38)26-9-13-28(48-4)14-10-26/h5-22,33-34,45-46H,1-4H3,(H,39,40,43)(H,41,42,44). The maximum absolute atomic E-state index is 11.9. The van der Waals surface area contributed by atoms with E-state index < -0.39 is 12.1 Å². The lowest BCUT2D eigenvalue weighted by molar-refractivity contribution is 0.414. The molecule has 0 amide bonds. The van der Waals surface area contributed by atoms with Crippen LogP contribution in [-0.4, -0.2) is 44.4 Å². The largest absolute Gasteiger partial charge is 0.506 e. The van der Waals surface area contributed by atoms with Crippen molar-refractivity contribution in [2.45, 2.75) is 35.7 Å². The number of hydrogen-bond donors (Lipinski definition) is 4. The summed E-state index contributed by atoms with van der Waals surface area (Å²) in [6.07, 6.45) is 6.64. The molecule has 4 N–H and O–H groups in total. The molecule has 0 bridgehead atoms. The second-order valence-corrected chi connectivity index (χ2v) is 12.4. The van der Waals surface area contributed by atoms with Crippen molar-refractivity contribution in [1.82, 2.24) is 19.9 Å². The van der Waals surface area contributed by atoms with Crippen molar-refractivity contribution >= 4 is 23.7 Å². The van der Waals surface area contributed by atoms with Crippen LogP contribution in [0.3, 0.4) is 0 Å². The molecule has 0 saturated heterocycles. The SMILES string of the molecule is COc1ccc(C(Nc2ncccn2)c2cc(C)cc(Sc3cc(C)cc(C(Nc4ncccn4)c4ccc(OC)cc4)c3O)c2O)cc1. The van der Waals surface area contributed by atoms with Gasteiger partial charge < -0.3 is 30.3 Å². The van der Waals surface area contributed by atoms with Crippen LogP contribution in [0.4, 0.5) is 11.9 Å². The molecule has 6 rings (SSSR count). The number of nitrogens with zero attached hydrogens (tertiary/aromatic N) is 4. The van der Waals surface area contributed by atoms with Gasteiger partial charge in [-0.25, -0.2) is 19.9 Å². The minimum absolute atomic E-state index is 0.0739. The molecule has 0 aliphatic rings. The molecule has 0 spiro atoms. The van der Waals surface area contributed by atoms with Gasteiger partial charge in [-0.15, -0.1) is 0 Å². The molecule has 2 heterocycles. The molecule has 11 heteroatoms. The van der Waals surface area contributed by atoms with Crippen LogP contribution >= 0.6 is 11.8 Å². The quantitative estimate of drug-likeness (QED) is 0.101. The summed E-state index contributed by atoms with van der Waals surface area (Å²) < 4.78 is 10.8. The summed E-state index contributed by atoms with van der Waals surface area (Å²) in [5.41, 5.74) is 4.87. The average molecular weight is 673 g/mol. The van der Waals surface area contributed by atoms with E-state index >= 15 is 0 Å². The number of aryl methyl sites for hydroxylation is 2. The van der Waals surface area contributed by atoms with Gasteiger partial charge in [0.15, 0.2) is 0 Å². The van der Waals surface area contributed by atoms with E-state index in [0.717, 1.165) is 33.8 Å². The summed E-state index contributed by atoms with van der Waals surface area (Å²) in [5, 5.41) is 30.6. The van der Waals surface area contributed by atoms with Crippen molar-refractivity contribution in [3.63, 3.8) is 0 Å². The smallest absolute Gasteiger partial charge is 0.223 e. The Morgan fingerprint density at radius 3 is 1.29 bits per heavy atom. The molecule has 10 nitrogen and oxygen atoms in total. The van der Waals surface area contributed by atoms with Crippen LogP contribution in [0.2, 0.25) is 0 Å². The highest BCUT2D eigenvalue weighted by atomic mass is 32.2. The van der Waals surface area contributed by atoms with Gasteiger partial charge in [-0.2, -0.15) is 0 Å². The van der Waals surface area contributed by atoms with Gasteiger partial charge in [-0.05, 0) is 96.8 Å². The third-order valence-corrected chi connectivity index (χ3v) is 8.98. The molecule has 2 aromatic heterocycles. The summed E-state index contributed by atoms with van der Waals surface area (Å²) in [6, 6.07) is 25.5. The monoisotopic (exact) mass is 672 g/mol. The van der Waals surface area contributed by atoms with Gasteiger partial charge >= 0.3 is 0 Å². The topological polar surface area (TPSA) is 135 Å². The minimum atomic E-state index is -0.497. The van der Waals surface area contributed by atoms with Crippen LogP contribution in [0.15, 0.2) is 120 Å². The Kier molecular flexibility index (Phi) is 10.1. The number of anilines is 2. The molecule has 0 aliphatic heterocycles. The number of rotatable bonds is 12. The molecule has 0 saturated carbocycles. The Balaban J connectivity index is 1.41. The van der Waals surface area contributed by atoms with Crippen LogP contribution < -0.4 is 20.1 Å². The van der Waals surface area contributed by atoms with Gasteiger partial charge in [0.2, 0.25) is 11.9 Å². The third kappa shape index (κ3) is 7.68. The number of aromatic hydroxyl groups is 2. The summed E-state index contributed by atoms with van der Waals surface area (Å²) in [5.74, 6) is 2.41. The Bertz CT molecular complexity index is 1870. The fourth-order valence-electron chi connectivity index (χ4n) is 5.54. The van der Waals surface area contributed by atoms with Crippen molar-refractivity contribution in [2.24, 2.45) is 0 Å². The third-order valence-electron chi connectivity index (χ3n) is 7.92. The van der Waals surface area contributed by atoms with E-state index in [1.807, 2.05) is 86.6 Å². The van der Waals surface area contributed by atoms with Crippen LogP contribution in [0, 0.1) is 13.8 Å². The molecular weight excluding hydrogens is 637 g/mol. The lowest BCUT2D eigenvalue weighted by Crippen LogP contribution is -2.15. The van der Waals surface area contributed by atoms with Crippen LogP contribution in [0.5, 0.6) is 23.0 Å². The molecule has 2 atom stereocenters. The number of aromatic nitrogens is 4. The van der Waals surface area contributed by atoms with Gasteiger partial charge in [0, 0.05) is 35.9 Å². The van der Waals surface area contributed by atoms with E-state index in [0.29, 0.717) is 32.8 Å². The van der Waals surface area contributed by atoms with Crippen molar-refractivity contribution in [3.05, 3.63) is 143 Å². The predicted octanol–water partition coefficient (Wildman–Crippen LogP) is 7.87. The first kappa shape index (κ1) is 33.1. The number of methoxy groups -OCH3 is 2. The fourth-order valence-corrected chi connectivity index (χ4v) is 6.69. The van der Waals surface area contributed by atoms with E-state index in [2.05, 4.69) is 30.6 Å². The summed E-state index contributed by atoms with van der Waals surface area (Å²) in [4.78, 5) is 18.6.